The molecular weight excluding hydrogens is 218 g/mol. The molecule has 1 N–H and O–H groups in total. The molecule has 92 valence electrons. The van der Waals surface area contributed by atoms with Crippen LogP contribution in [0.15, 0.2) is 12.5 Å². The van der Waals surface area contributed by atoms with Crippen LogP contribution in [0.1, 0.15) is 26.5 Å². The number of hydrogen-bond acceptors (Lipinski definition) is 3. The Balaban J connectivity index is 2.22. The Hall–Kier alpha value is -0.480. The molecule has 0 unspecified atom stereocenters. The maximum Gasteiger partial charge on any atom is 0.0950 e. The van der Waals surface area contributed by atoms with Gasteiger partial charge in [-0.1, -0.05) is 20.8 Å². The van der Waals surface area contributed by atoms with E-state index in [2.05, 4.69) is 41.8 Å². The Morgan fingerprint density at radius 2 is 2.31 bits per heavy atom. The number of hydrogen-bond donors (Lipinski definition) is 1. The molecular formula is C12H23N3S. The van der Waals surface area contributed by atoms with E-state index >= 15 is 0 Å². The van der Waals surface area contributed by atoms with Crippen LogP contribution in [0.2, 0.25) is 0 Å². The second-order valence-electron chi connectivity index (χ2n) is 4.32. The van der Waals surface area contributed by atoms with Gasteiger partial charge in [-0.2, -0.15) is 11.8 Å². The van der Waals surface area contributed by atoms with Gasteiger partial charge in [0.05, 0.1) is 12.0 Å². The van der Waals surface area contributed by atoms with Crippen molar-refractivity contribution in [2.45, 2.75) is 33.9 Å². The molecule has 0 saturated carbocycles. The first-order valence-corrected chi connectivity index (χ1v) is 7.17. The number of nitrogens with zero attached hydrogens (tertiary/aromatic N) is 2. The average molecular weight is 241 g/mol. The number of rotatable bonds is 8. The minimum Gasteiger partial charge on any atom is -0.336 e. The smallest absolute Gasteiger partial charge is 0.0950 e. The predicted octanol–water partition coefficient (Wildman–Crippen LogP) is 2.38. The van der Waals surface area contributed by atoms with Crippen LogP contribution in [0.5, 0.6) is 0 Å². The van der Waals surface area contributed by atoms with Gasteiger partial charge in [-0.3, -0.25) is 0 Å². The molecule has 0 aliphatic heterocycles. The van der Waals surface area contributed by atoms with Crippen molar-refractivity contribution in [3.63, 3.8) is 0 Å². The van der Waals surface area contributed by atoms with E-state index in [0.717, 1.165) is 25.3 Å². The van der Waals surface area contributed by atoms with Crippen molar-refractivity contribution >= 4 is 11.8 Å². The van der Waals surface area contributed by atoms with Crippen LogP contribution >= 0.6 is 11.8 Å². The Kier molecular flexibility index (Phi) is 6.57. The highest BCUT2D eigenvalue weighted by Crippen LogP contribution is 2.02. The van der Waals surface area contributed by atoms with Crippen molar-refractivity contribution in [1.29, 1.82) is 0 Å². The van der Waals surface area contributed by atoms with E-state index in [0.29, 0.717) is 5.92 Å². The third-order valence-electron chi connectivity index (χ3n) is 2.24. The second-order valence-corrected chi connectivity index (χ2v) is 5.72. The quantitative estimate of drug-likeness (QED) is 0.709. The highest BCUT2D eigenvalue weighted by Gasteiger charge is 1.99. The van der Waals surface area contributed by atoms with E-state index in [1.165, 1.54) is 11.5 Å². The van der Waals surface area contributed by atoms with Gasteiger partial charge in [0, 0.05) is 25.0 Å². The first-order valence-electron chi connectivity index (χ1n) is 6.01. The summed E-state index contributed by atoms with van der Waals surface area (Å²) in [7, 11) is 0. The molecule has 1 rings (SSSR count). The third kappa shape index (κ3) is 5.56. The third-order valence-corrected chi connectivity index (χ3v) is 3.12. The van der Waals surface area contributed by atoms with Gasteiger partial charge in [0.15, 0.2) is 0 Å². The largest absolute Gasteiger partial charge is 0.336 e. The summed E-state index contributed by atoms with van der Waals surface area (Å²) in [4.78, 5) is 4.38. The lowest BCUT2D eigenvalue weighted by Crippen LogP contribution is -2.19. The molecule has 0 aliphatic rings. The monoisotopic (exact) mass is 241 g/mol. The Labute approximate surface area is 103 Å². The van der Waals surface area contributed by atoms with Crippen molar-refractivity contribution in [2.24, 2.45) is 5.92 Å². The number of aromatic nitrogens is 2. The van der Waals surface area contributed by atoms with Gasteiger partial charge in [-0.25, -0.2) is 4.98 Å². The lowest BCUT2D eigenvalue weighted by atomic mass is 10.2. The van der Waals surface area contributed by atoms with E-state index < -0.39 is 0 Å². The summed E-state index contributed by atoms with van der Waals surface area (Å²) in [5.41, 5.74) is 1.14. The first-order chi connectivity index (χ1) is 7.72. The number of imidazole rings is 1. The second kappa shape index (κ2) is 7.74. The van der Waals surface area contributed by atoms with Gasteiger partial charge >= 0.3 is 0 Å². The Morgan fingerprint density at radius 1 is 1.50 bits per heavy atom. The van der Waals surface area contributed by atoms with Crippen LogP contribution in [0, 0.1) is 5.92 Å². The zero-order valence-corrected chi connectivity index (χ0v) is 11.4. The average Bonchev–Trinajstić information content (AvgIpc) is 2.66. The minimum absolute atomic E-state index is 0.697. The SMILES string of the molecule is CCSCCn1cnc(CNCC(C)C)c1. The molecule has 0 aliphatic carbocycles. The van der Waals surface area contributed by atoms with Crippen LogP contribution < -0.4 is 5.32 Å². The summed E-state index contributed by atoms with van der Waals surface area (Å²) in [5, 5.41) is 3.40. The standard InChI is InChI=1S/C12H23N3S/c1-4-16-6-5-15-9-12(14-10-15)8-13-7-11(2)3/h9-11,13H,4-8H2,1-3H3. The van der Waals surface area contributed by atoms with Gasteiger partial charge in [-0.15, -0.1) is 0 Å². The molecule has 0 bridgehead atoms. The molecule has 1 aromatic rings. The fourth-order valence-corrected chi connectivity index (χ4v) is 2.05. The normalized spacial score (nSPS) is 11.2. The van der Waals surface area contributed by atoms with Gasteiger partial charge in [0.25, 0.3) is 0 Å². The zero-order valence-electron chi connectivity index (χ0n) is 10.6. The van der Waals surface area contributed by atoms with Gasteiger partial charge < -0.3 is 9.88 Å². The van der Waals surface area contributed by atoms with E-state index in [1.54, 1.807) is 0 Å². The molecule has 0 atom stereocenters. The van der Waals surface area contributed by atoms with Crippen LogP contribution in [0.4, 0.5) is 0 Å². The van der Waals surface area contributed by atoms with E-state index in [4.69, 9.17) is 0 Å². The van der Waals surface area contributed by atoms with Gasteiger partial charge in [-0.05, 0) is 18.2 Å². The Bertz CT molecular complexity index is 284. The van der Waals surface area contributed by atoms with Crippen LogP contribution in [-0.4, -0.2) is 27.6 Å². The summed E-state index contributed by atoms with van der Waals surface area (Å²) in [6.45, 7) is 9.63. The summed E-state index contributed by atoms with van der Waals surface area (Å²) in [6.07, 6.45) is 4.08. The molecule has 0 saturated heterocycles. The fourth-order valence-electron chi connectivity index (χ4n) is 1.42. The lowest BCUT2D eigenvalue weighted by Gasteiger charge is -2.04. The maximum atomic E-state index is 4.38. The zero-order chi connectivity index (χ0) is 11.8. The molecule has 0 radical (unpaired) electrons. The van der Waals surface area contributed by atoms with Gasteiger partial charge in [0.1, 0.15) is 0 Å². The number of aryl methyl sites for hydroxylation is 1. The fraction of sp³-hybridized carbons (Fsp3) is 0.750. The van der Waals surface area contributed by atoms with E-state index in [-0.39, 0.29) is 0 Å². The Morgan fingerprint density at radius 3 is 3.00 bits per heavy atom. The lowest BCUT2D eigenvalue weighted by molar-refractivity contribution is 0.548. The minimum atomic E-state index is 0.697. The van der Waals surface area contributed by atoms with Crippen LogP contribution in [0.25, 0.3) is 0 Å². The van der Waals surface area contributed by atoms with E-state index in [1.807, 2.05) is 18.1 Å². The summed E-state index contributed by atoms with van der Waals surface area (Å²) < 4.78 is 2.18. The van der Waals surface area contributed by atoms with Crippen molar-refractivity contribution in [3.8, 4) is 0 Å². The number of thioether (sulfide) groups is 1. The molecule has 3 nitrogen and oxygen atoms in total. The highest BCUT2D eigenvalue weighted by atomic mass is 32.2. The van der Waals surface area contributed by atoms with E-state index in [9.17, 15) is 0 Å². The summed E-state index contributed by atoms with van der Waals surface area (Å²) in [6, 6.07) is 0. The van der Waals surface area contributed by atoms with Crippen molar-refractivity contribution in [1.82, 2.24) is 14.9 Å². The molecule has 0 amide bonds. The molecule has 0 spiro atoms. The summed E-state index contributed by atoms with van der Waals surface area (Å²) >= 11 is 1.97. The topological polar surface area (TPSA) is 29.9 Å². The molecule has 16 heavy (non-hydrogen) atoms. The van der Waals surface area contributed by atoms with Gasteiger partial charge in [0.2, 0.25) is 0 Å². The predicted molar refractivity (Wildman–Crippen MR) is 71.8 cm³/mol. The molecule has 0 fully saturated rings. The van der Waals surface area contributed by atoms with Crippen LogP contribution in [0.3, 0.4) is 0 Å². The maximum absolute atomic E-state index is 4.38. The van der Waals surface area contributed by atoms with Crippen molar-refractivity contribution < 1.29 is 0 Å². The first kappa shape index (κ1) is 13.6. The van der Waals surface area contributed by atoms with Crippen LogP contribution in [-0.2, 0) is 13.1 Å². The molecule has 1 aromatic heterocycles. The number of nitrogens with one attached hydrogen (secondary N) is 1. The summed E-state index contributed by atoms with van der Waals surface area (Å²) in [5.74, 6) is 3.06. The molecule has 0 aromatic carbocycles. The molecule has 1 heterocycles. The van der Waals surface area contributed by atoms with Crippen molar-refractivity contribution in [2.75, 3.05) is 18.1 Å². The van der Waals surface area contributed by atoms with Crippen molar-refractivity contribution in [3.05, 3.63) is 18.2 Å². The highest BCUT2D eigenvalue weighted by molar-refractivity contribution is 7.99. The molecule has 4 heteroatoms.